The van der Waals surface area contributed by atoms with E-state index in [1.807, 2.05) is 43.3 Å². The van der Waals surface area contributed by atoms with Crippen LogP contribution >= 0.6 is 22.9 Å². The summed E-state index contributed by atoms with van der Waals surface area (Å²) in [5, 5.41) is 1.21. The van der Waals surface area contributed by atoms with E-state index in [0.717, 1.165) is 15.8 Å². The number of aryl methyl sites for hydroxylation is 1. The molecule has 0 bridgehead atoms. The van der Waals surface area contributed by atoms with Crippen LogP contribution in [0.3, 0.4) is 0 Å². The third-order valence-electron chi connectivity index (χ3n) is 4.00. The molecule has 4 aromatic rings. The second-order valence-corrected chi connectivity index (χ2v) is 7.19. The fourth-order valence-electron chi connectivity index (χ4n) is 2.79. The van der Waals surface area contributed by atoms with Crippen LogP contribution < -0.4 is 5.56 Å². The van der Waals surface area contributed by atoms with Crippen molar-refractivity contribution in [1.29, 1.82) is 0 Å². The van der Waals surface area contributed by atoms with Gasteiger partial charge in [0.25, 0.3) is 5.56 Å². The molecule has 0 saturated carbocycles. The quantitative estimate of drug-likeness (QED) is 0.496. The second kappa shape index (κ2) is 6.55. The van der Waals surface area contributed by atoms with Crippen molar-refractivity contribution in [2.75, 3.05) is 0 Å². The number of benzene rings is 1. The van der Waals surface area contributed by atoms with E-state index in [-0.39, 0.29) is 12.2 Å². The van der Waals surface area contributed by atoms with Crippen molar-refractivity contribution in [2.45, 2.75) is 13.5 Å². The molecule has 0 radical (unpaired) electrons. The molecule has 0 spiro atoms. The maximum atomic E-state index is 12.4. The van der Waals surface area contributed by atoms with Gasteiger partial charge in [0.15, 0.2) is 0 Å². The number of hydrogen-bond acceptors (Lipinski definition) is 5. The number of hydrogen-bond donors (Lipinski definition) is 0. The molecule has 0 amide bonds. The largest absolute Gasteiger partial charge is 0.455 e. The first-order valence-electron chi connectivity index (χ1n) is 7.87. The molecule has 26 heavy (non-hydrogen) atoms. The van der Waals surface area contributed by atoms with E-state index < -0.39 is 5.97 Å². The van der Waals surface area contributed by atoms with E-state index in [2.05, 4.69) is 4.98 Å². The summed E-state index contributed by atoms with van der Waals surface area (Å²) >= 11 is 7.58. The van der Waals surface area contributed by atoms with Crippen LogP contribution in [0.4, 0.5) is 0 Å². The molecule has 0 N–H and O–H groups in total. The first-order chi connectivity index (χ1) is 12.5. The molecule has 5 nitrogen and oxygen atoms in total. The lowest BCUT2D eigenvalue weighted by atomic mass is 10.2. The topological polar surface area (TPSA) is 60.7 Å². The highest BCUT2D eigenvalue weighted by Gasteiger charge is 2.18. The Kier molecular flexibility index (Phi) is 4.22. The lowest BCUT2D eigenvalue weighted by Crippen LogP contribution is -2.18. The van der Waals surface area contributed by atoms with Crippen LogP contribution in [0.2, 0.25) is 5.02 Å². The molecule has 3 heterocycles. The number of carbonyl (C=O) groups excluding carboxylic acids is 1. The van der Waals surface area contributed by atoms with Crippen molar-refractivity contribution in [3.63, 3.8) is 0 Å². The van der Waals surface area contributed by atoms with E-state index in [1.165, 1.54) is 21.8 Å². The van der Waals surface area contributed by atoms with Crippen molar-refractivity contribution in [3.8, 4) is 0 Å². The van der Waals surface area contributed by atoms with Crippen molar-refractivity contribution in [3.05, 3.63) is 80.2 Å². The van der Waals surface area contributed by atoms with Crippen molar-refractivity contribution >= 4 is 44.6 Å². The number of ether oxygens (including phenoxy) is 1. The van der Waals surface area contributed by atoms with Gasteiger partial charge in [-0.05, 0) is 25.1 Å². The minimum atomic E-state index is -0.526. The van der Waals surface area contributed by atoms with Crippen molar-refractivity contribution < 1.29 is 9.53 Å². The number of fused-ring (bicyclic) bond motifs is 2. The summed E-state index contributed by atoms with van der Waals surface area (Å²) in [5.41, 5.74) is 1.49. The number of halogens is 1. The van der Waals surface area contributed by atoms with Crippen LogP contribution in [-0.4, -0.2) is 15.4 Å². The van der Waals surface area contributed by atoms with Gasteiger partial charge in [0.05, 0.1) is 10.7 Å². The number of aromatic nitrogens is 2. The molecule has 0 atom stereocenters. The predicted molar refractivity (Wildman–Crippen MR) is 102 cm³/mol. The Bertz CT molecular complexity index is 1210. The van der Waals surface area contributed by atoms with Crippen LogP contribution in [0.15, 0.2) is 53.3 Å². The normalized spacial score (nSPS) is 11.2. The fraction of sp³-hybridized carbons (Fsp3) is 0.105. The zero-order valence-corrected chi connectivity index (χ0v) is 15.3. The van der Waals surface area contributed by atoms with Crippen LogP contribution in [0.1, 0.15) is 21.1 Å². The first kappa shape index (κ1) is 16.8. The minimum Gasteiger partial charge on any atom is -0.455 e. The Morgan fingerprint density at radius 2 is 2.04 bits per heavy atom. The SMILES string of the molecule is Cc1cccc2nc(COC(=O)c3sc4ccccc4c3Cl)cc(=O)n12. The number of nitrogens with zero attached hydrogens (tertiary/aromatic N) is 2. The molecule has 4 rings (SSSR count). The van der Waals surface area contributed by atoms with Gasteiger partial charge in [-0.2, -0.15) is 0 Å². The summed E-state index contributed by atoms with van der Waals surface area (Å²) in [6.45, 7) is 1.74. The summed E-state index contributed by atoms with van der Waals surface area (Å²) in [6.07, 6.45) is 0. The Hall–Kier alpha value is -2.70. The molecule has 0 saturated heterocycles. The second-order valence-electron chi connectivity index (χ2n) is 5.76. The summed E-state index contributed by atoms with van der Waals surface area (Å²) in [6, 6.07) is 14.3. The number of thiophene rings is 1. The monoisotopic (exact) mass is 384 g/mol. The van der Waals surface area contributed by atoms with Gasteiger partial charge >= 0.3 is 5.97 Å². The first-order valence-corrected chi connectivity index (χ1v) is 9.06. The summed E-state index contributed by atoms with van der Waals surface area (Å²) in [5.74, 6) is -0.526. The standard InChI is InChI=1S/C19H13ClN2O3S/c1-11-5-4-8-15-21-12(9-16(23)22(11)15)10-25-19(24)18-17(20)13-6-2-3-7-14(13)26-18/h2-9H,10H2,1H3. The Morgan fingerprint density at radius 3 is 2.85 bits per heavy atom. The third-order valence-corrected chi connectivity index (χ3v) is 5.66. The van der Waals surface area contributed by atoms with Gasteiger partial charge in [0, 0.05) is 21.8 Å². The highest BCUT2D eigenvalue weighted by Crippen LogP contribution is 2.35. The van der Waals surface area contributed by atoms with Gasteiger partial charge in [0.1, 0.15) is 17.1 Å². The van der Waals surface area contributed by atoms with Crippen LogP contribution in [-0.2, 0) is 11.3 Å². The maximum absolute atomic E-state index is 12.4. The zero-order chi connectivity index (χ0) is 18.3. The number of carbonyl (C=O) groups is 1. The lowest BCUT2D eigenvalue weighted by molar-refractivity contribution is 0.0474. The van der Waals surface area contributed by atoms with Gasteiger partial charge < -0.3 is 4.74 Å². The summed E-state index contributed by atoms with van der Waals surface area (Å²) < 4.78 is 7.76. The van der Waals surface area contributed by atoms with E-state index >= 15 is 0 Å². The third kappa shape index (κ3) is 2.87. The highest BCUT2D eigenvalue weighted by atomic mass is 35.5. The Morgan fingerprint density at radius 1 is 1.23 bits per heavy atom. The average Bonchev–Trinajstić information content (AvgIpc) is 2.97. The molecule has 0 aliphatic heterocycles. The van der Waals surface area contributed by atoms with Crippen molar-refractivity contribution in [2.24, 2.45) is 0 Å². The Balaban J connectivity index is 1.60. The van der Waals surface area contributed by atoms with Crippen LogP contribution in [0.25, 0.3) is 15.7 Å². The summed E-state index contributed by atoms with van der Waals surface area (Å²) in [7, 11) is 0. The Labute approximate surface area is 157 Å². The number of pyridine rings is 1. The van der Waals surface area contributed by atoms with E-state index in [4.69, 9.17) is 16.3 Å². The molecule has 0 fully saturated rings. The number of esters is 1. The van der Waals surface area contributed by atoms with E-state index in [1.54, 1.807) is 6.07 Å². The molecule has 1 aromatic carbocycles. The van der Waals surface area contributed by atoms with Crippen LogP contribution in [0, 0.1) is 6.92 Å². The summed E-state index contributed by atoms with van der Waals surface area (Å²) in [4.78, 5) is 29.4. The smallest absolute Gasteiger partial charge is 0.350 e. The molecule has 0 aliphatic rings. The molecule has 0 unspecified atom stereocenters. The van der Waals surface area contributed by atoms with Gasteiger partial charge in [-0.3, -0.25) is 9.20 Å². The average molecular weight is 385 g/mol. The zero-order valence-electron chi connectivity index (χ0n) is 13.7. The lowest BCUT2D eigenvalue weighted by Gasteiger charge is -2.07. The maximum Gasteiger partial charge on any atom is 0.350 e. The van der Waals surface area contributed by atoms with Crippen molar-refractivity contribution in [1.82, 2.24) is 9.38 Å². The highest BCUT2D eigenvalue weighted by molar-refractivity contribution is 7.21. The van der Waals surface area contributed by atoms with E-state index in [9.17, 15) is 9.59 Å². The molecular weight excluding hydrogens is 372 g/mol. The van der Waals surface area contributed by atoms with E-state index in [0.29, 0.717) is 21.2 Å². The molecule has 7 heteroatoms. The van der Waals surface area contributed by atoms with Gasteiger partial charge in [-0.15, -0.1) is 11.3 Å². The minimum absolute atomic E-state index is 0.0942. The molecule has 0 aliphatic carbocycles. The van der Waals surface area contributed by atoms with Gasteiger partial charge in [-0.25, -0.2) is 9.78 Å². The van der Waals surface area contributed by atoms with Gasteiger partial charge in [-0.1, -0.05) is 35.9 Å². The molecule has 130 valence electrons. The fourth-order valence-corrected chi connectivity index (χ4v) is 4.19. The molecule has 3 aromatic heterocycles. The predicted octanol–water partition coefficient (Wildman–Crippen LogP) is 4.23. The van der Waals surface area contributed by atoms with Gasteiger partial charge in [0.2, 0.25) is 0 Å². The molecular formula is C19H13ClN2O3S. The van der Waals surface area contributed by atoms with Crippen LogP contribution in [0.5, 0.6) is 0 Å². The number of rotatable bonds is 3.